The number of carbonyl (C=O) groups excluding carboxylic acids is 2. The fourth-order valence-corrected chi connectivity index (χ4v) is 5.15. The van der Waals surface area contributed by atoms with Crippen molar-refractivity contribution in [3.63, 3.8) is 0 Å². The van der Waals surface area contributed by atoms with Crippen LogP contribution < -0.4 is 4.90 Å². The predicted molar refractivity (Wildman–Crippen MR) is 109 cm³/mol. The summed E-state index contributed by atoms with van der Waals surface area (Å²) in [6.07, 6.45) is 3.01. The highest BCUT2D eigenvalue weighted by Crippen LogP contribution is 2.48. The second-order valence-electron chi connectivity index (χ2n) is 7.23. The minimum absolute atomic E-state index is 0.0417. The van der Waals surface area contributed by atoms with E-state index in [1.54, 1.807) is 17.2 Å². The fourth-order valence-electron chi connectivity index (χ4n) is 4.20. The van der Waals surface area contributed by atoms with Crippen molar-refractivity contribution in [3.05, 3.63) is 50.7 Å². The standard InChI is InChI=1S/C20H19ClN4O2S/c1-3-18(26)24-7-6-20(11-24)12-25(15-5-4-13(22-2)8-14(15)20)19(27)9-17-23-10-16(21)28-17/h4-5,8,10H,3,6-7,9,11-12H2,1H3/t20-/m1/s1. The Kier molecular flexibility index (Phi) is 4.86. The van der Waals surface area contributed by atoms with Crippen molar-refractivity contribution in [2.24, 2.45) is 0 Å². The number of hydrogen-bond acceptors (Lipinski definition) is 4. The van der Waals surface area contributed by atoms with Crippen LogP contribution in [0.2, 0.25) is 4.34 Å². The van der Waals surface area contributed by atoms with Crippen molar-refractivity contribution in [1.82, 2.24) is 9.88 Å². The van der Waals surface area contributed by atoms with Crippen molar-refractivity contribution < 1.29 is 9.59 Å². The zero-order chi connectivity index (χ0) is 19.9. The molecule has 0 N–H and O–H groups in total. The van der Waals surface area contributed by atoms with Crippen molar-refractivity contribution in [1.29, 1.82) is 0 Å². The van der Waals surface area contributed by atoms with Gasteiger partial charge in [0.15, 0.2) is 5.69 Å². The summed E-state index contributed by atoms with van der Waals surface area (Å²) < 4.78 is 0.562. The second kappa shape index (κ2) is 7.19. The fraction of sp³-hybridized carbons (Fsp3) is 0.400. The maximum atomic E-state index is 13.1. The van der Waals surface area contributed by atoms with E-state index in [2.05, 4.69) is 9.83 Å². The summed E-state index contributed by atoms with van der Waals surface area (Å²) in [5.41, 5.74) is 2.08. The van der Waals surface area contributed by atoms with Crippen LogP contribution in [0.3, 0.4) is 0 Å². The molecule has 0 saturated carbocycles. The van der Waals surface area contributed by atoms with Crippen LogP contribution in [0.5, 0.6) is 0 Å². The zero-order valence-corrected chi connectivity index (χ0v) is 17.0. The molecule has 28 heavy (non-hydrogen) atoms. The van der Waals surface area contributed by atoms with Crippen molar-refractivity contribution in [2.75, 3.05) is 24.5 Å². The van der Waals surface area contributed by atoms with Crippen molar-refractivity contribution >= 4 is 46.1 Å². The first-order chi connectivity index (χ1) is 13.5. The Balaban J connectivity index is 1.67. The third kappa shape index (κ3) is 3.17. The van der Waals surface area contributed by atoms with Crippen LogP contribution in [-0.2, 0) is 21.4 Å². The molecule has 2 aliphatic rings. The van der Waals surface area contributed by atoms with E-state index in [1.165, 1.54) is 11.3 Å². The van der Waals surface area contributed by atoms with E-state index in [-0.39, 0.29) is 23.7 Å². The van der Waals surface area contributed by atoms with E-state index in [4.69, 9.17) is 18.2 Å². The molecule has 1 aromatic heterocycles. The molecule has 144 valence electrons. The number of rotatable bonds is 3. The van der Waals surface area contributed by atoms with Gasteiger partial charge in [0.05, 0.1) is 19.2 Å². The topological polar surface area (TPSA) is 57.9 Å². The number of thiazole rings is 1. The van der Waals surface area contributed by atoms with Gasteiger partial charge in [0.25, 0.3) is 0 Å². The Bertz CT molecular complexity index is 998. The van der Waals surface area contributed by atoms with E-state index in [0.29, 0.717) is 41.1 Å². The lowest BCUT2D eigenvalue weighted by molar-refractivity contribution is -0.129. The van der Waals surface area contributed by atoms with Crippen molar-refractivity contribution in [3.8, 4) is 0 Å². The van der Waals surface area contributed by atoms with Gasteiger partial charge < -0.3 is 9.80 Å². The molecule has 8 heteroatoms. The van der Waals surface area contributed by atoms with Crippen LogP contribution in [0.25, 0.3) is 4.85 Å². The molecule has 2 aromatic rings. The number of carbonyl (C=O) groups is 2. The summed E-state index contributed by atoms with van der Waals surface area (Å²) in [6, 6.07) is 5.49. The Morgan fingerprint density at radius 1 is 1.36 bits per heavy atom. The van der Waals surface area contributed by atoms with Gasteiger partial charge >= 0.3 is 0 Å². The van der Waals surface area contributed by atoms with Crippen LogP contribution in [0.15, 0.2) is 24.4 Å². The molecule has 3 heterocycles. The number of aromatic nitrogens is 1. The van der Waals surface area contributed by atoms with Gasteiger partial charge in [-0.15, -0.1) is 11.3 Å². The molecule has 0 aliphatic carbocycles. The number of amides is 2. The SMILES string of the molecule is [C-]#[N+]c1ccc2c(c1)[C@@]1(CCN(C(=O)CC)C1)CN2C(=O)Cc1ncc(Cl)s1. The smallest absolute Gasteiger partial charge is 0.233 e. The van der Waals surface area contributed by atoms with Crippen LogP contribution in [-0.4, -0.2) is 41.3 Å². The van der Waals surface area contributed by atoms with Gasteiger partial charge in [-0.05, 0) is 18.1 Å². The number of hydrogen-bond donors (Lipinski definition) is 0. The van der Waals surface area contributed by atoms with E-state index in [9.17, 15) is 9.59 Å². The highest BCUT2D eigenvalue weighted by molar-refractivity contribution is 7.15. The van der Waals surface area contributed by atoms with Crippen LogP contribution >= 0.6 is 22.9 Å². The molecule has 1 aromatic carbocycles. The Hall–Kier alpha value is -2.43. The molecule has 0 unspecified atom stereocenters. The lowest BCUT2D eigenvalue weighted by Crippen LogP contribution is -2.40. The van der Waals surface area contributed by atoms with Gasteiger partial charge in [-0.3, -0.25) is 9.59 Å². The third-order valence-electron chi connectivity index (χ3n) is 5.57. The van der Waals surface area contributed by atoms with E-state index in [0.717, 1.165) is 17.7 Å². The first kappa shape index (κ1) is 18.9. The molecule has 1 spiro atoms. The summed E-state index contributed by atoms with van der Waals surface area (Å²) in [4.78, 5) is 36.7. The predicted octanol–water partition coefficient (Wildman–Crippen LogP) is 3.82. The maximum absolute atomic E-state index is 13.1. The van der Waals surface area contributed by atoms with Crippen LogP contribution in [0.1, 0.15) is 30.3 Å². The van der Waals surface area contributed by atoms with Crippen molar-refractivity contribution in [2.45, 2.75) is 31.6 Å². The third-order valence-corrected chi connectivity index (χ3v) is 6.68. The monoisotopic (exact) mass is 414 g/mol. The molecule has 1 saturated heterocycles. The Labute approximate surface area is 172 Å². The van der Waals surface area contributed by atoms with Gasteiger partial charge in [-0.1, -0.05) is 30.7 Å². The normalized spacial score (nSPS) is 20.5. The molecule has 1 atom stereocenters. The number of benzene rings is 1. The van der Waals surface area contributed by atoms with Gasteiger partial charge in [0.1, 0.15) is 9.34 Å². The highest BCUT2D eigenvalue weighted by atomic mass is 35.5. The molecule has 0 bridgehead atoms. The van der Waals surface area contributed by atoms with E-state index in [1.807, 2.05) is 24.0 Å². The van der Waals surface area contributed by atoms with E-state index >= 15 is 0 Å². The van der Waals surface area contributed by atoms with Gasteiger partial charge in [-0.2, -0.15) is 0 Å². The second-order valence-corrected chi connectivity index (χ2v) is 8.97. The summed E-state index contributed by atoms with van der Waals surface area (Å²) in [5.74, 6) is 0.0851. The Morgan fingerprint density at radius 2 is 2.18 bits per heavy atom. The quantitative estimate of drug-likeness (QED) is 0.717. The molecular weight excluding hydrogens is 396 g/mol. The molecule has 6 nitrogen and oxygen atoms in total. The lowest BCUT2D eigenvalue weighted by Gasteiger charge is -2.26. The van der Waals surface area contributed by atoms with Gasteiger partial charge in [0, 0.05) is 37.2 Å². The molecule has 2 amide bonds. The van der Waals surface area contributed by atoms with Gasteiger partial charge in [-0.25, -0.2) is 9.83 Å². The van der Waals surface area contributed by atoms with Crippen LogP contribution in [0, 0.1) is 6.57 Å². The number of anilines is 1. The summed E-state index contributed by atoms with van der Waals surface area (Å²) >= 11 is 7.25. The minimum Gasteiger partial charge on any atom is -0.342 e. The summed E-state index contributed by atoms with van der Waals surface area (Å²) in [5, 5.41) is 0.685. The largest absolute Gasteiger partial charge is 0.342 e. The Morgan fingerprint density at radius 3 is 2.86 bits per heavy atom. The summed E-state index contributed by atoms with van der Waals surface area (Å²) in [6.45, 7) is 11.0. The number of fused-ring (bicyclic) bond motifs is 2. The van der Waals surface area contributed by atoms with Crippen LogP contribution in [0.4, 0.5) is 11.4 Å². The maximum Gasteiger partial charge on any atom is 0.233 e. The molecule has 4 rings (SSSR count). The molecular formula is C20H19ClN4O2S. The first-order valence-corrected chi connectivity index (χ1v) is 10.4. The van der Waals surface area contributed by atoms with E-state index < -0.39 is 0 Å². The zero-order valence-electron chi connectivity index (χ0n) is 15.4. The average Bonchev–Trinajstić information content (AvgIpc) is 3.40. The number of likely N-dealkylation sites (tertiary alicyclic amines) is 1. The molecule has 1 fully saturated rings. The number of halogens is 1. The lowest BCUT2D eigenvalue weighted by atomic mass is 9.81. The highest BCUT2D eigenvalue weighted by Gasteiger charge is 2.49. The first-order valence-electron chi connectivity index (χ1n) is 9.16. The van der Waals surface area contributed by atoms with Gasteiger partial charge in [0.2, 0.25) is 11.8 Å². The molecule has 2 aliphatic heterocycles. The summed E-state index contributed by atoms with van der Waals surface area (Å²) in [7, 11) is 0. The minimum atomic E-state index is -0.308. The number of nitrogens with zero attached hydrogens (tertiary/aromatic N) is 4. The molecule has 0 radical (unpaired) electrons. The average molecular weight is 415 g/mol.